The molecule has 21 heavy (non-hydrogen) atoms. The molecule has 2 aliphatic carbocycles. The van der Waals surface area contributed by atoms with Crippen LogP contribution in [0.4, 0.5) is 5.69 Å². The van der Waals surface area contributed by atoms with Gasteiger partial charge in [-0.2, -0.15) is 0 Å². The van der Waals surface area contributed by atoms with Gasteiger partial charge in [0.1, 0.15) is 5.75 Å². The lowest BCUT2D eigenvalue weighted by Gasteiger charge is -2.27. The van der Waals surface area contributed by atoms with Crippen LogP contribution in [-0.2, 0) is 9.59 Å². The van der Waals surface area contributed by atoms with E-state index in [1.165, 1.54) is 0 Å². The van der Waals surface area contributed by atoms with Gasteiger partial charge >= 0.3 is 5.97 Å². The molecule has 3 rings (SSSR count). The predicted molar refractivity (Wildman–Crippen MR) is 77.1 cm³/mol. The number of fused-ring (bicyclic) bond motifs is 2. The molecule has 2 fully saturated rings. The van der Waals surface area contributed by atoms with Crippen LogP contribution in [0.1, 0.15) is 19.3 Å². The molecular formula is C16H19NO4. The first-order valence-electron chi connectivity index (χ1n) is 7.28. The normalized spacial score (nSPS) is 30.1. The molecule has 0 aromatic heterocycles. The van der Waals surface area contributed by atoms with E-state index in [-0.39, 0.29) is 17.7 Å². The topological polar surface area (TPSA) is 75.6 Å². The highest BCUT2D eigenvalue weighted by Crippen LogP contribution is 2.52. The molecule has 0 unspecified atom stereocenters. The molecule has 0 heterocycles. The number of anilines is 1. The summed E-state index contributed by atoms with van der Waals surface area (Å²) in [4.78, 5) is 23.9. The van der Waals surface area contributed by atoms with Gasteiger partial charge in [0.15, 0.2) is 0 Å². The number of carboxylic acids is 1. The second kappa shape index (κ2) is 5.39. The van der Waals surface area contributed by atoms with Gasteiger partial charge < -0.3 is 15.2 Å². The zero-order chi connectivity index (χ0) is 15.0. The van der Waals surface area contributed by atoms with Crippen LogP contribution in [0.15, 0.2) is 24.3 Å². The zero-order valence-electron chi connectivity index (χ0n) is 11.9. The lowest BCUT2D eigenvalue weighted by atomic mass is 9.78. The lowest BCUT2D eigenvalue weighted by molar-refractivity contribution is -0.148. The van der Waals surface area contributed by atoms with Crippen molar-refractivity contribution in [1.29, 1.82) is 0 Å². The van der Waals surface area contributed by atoms with Crippen LogP contribution >= 0.6 is 0 Å². The number of nitrogens with one attached hydrogen (secondary N) is 1. The molecule has 112 valence electrons. The quantitative estimate of drug-likeness (QED) is 0.892. The molecule has 2 aliphatic rings. The third-order valence-electron chi connectivity index (χ3n) is 4.86. The maximum Gasteiger partial charge on any atom is 0.307 e. The van der Waals surface area contributed by atoms with Crippen molar-refractivity contribution in [1.82, 2.24) is 0 Å². The van der Waals surface area contributed by atoms with Crippen molar-refractivity contribution in [3.05, 3.63) is 24.3 Å². The fourth-order valence-corrected chi connectivity index (χ4v) is 3.92. The standard InChI is InChI=1S/C16H19NO4/c1-21-12-6-4-11(5-7-12)17-15(18)13-9-2-3-10(8-9)14(13)16(19)20/h4-7,9-10,13-14H,2-3,8H2,1H3,(H,17,18)(H,19,20)/t9-,10-,13+,14+/m0/s1. The SMILES string of the molecule is COc1ccc(NC(=O)[C@@H]2[C@H]3CC[C@@H](C3)[C@H]2C(=O)O)cc1. The van der Waals surface area contributed by atoms with Gasteiger partial charge in [-0.3, -0.25) is 9.59 Å². The van der Waals surface area contributed by atoms with Crippen molar-refractivity contribution in [2.24, 2.45) is 23.7 Å². The minimum absolute atomic E-state index is 0.166. The van der Waals surface area contributed by atoms with Gasteiger partial charge in [-0.05, 0) is 55.4 Å². The Labute approximate surface area is 123 Å². The fraction of sp³-hybridized carbons (Fsp3) is 0.500. The second-order valence-corrected chi connectivity index (χ2v) is 5.94. The minimum Gasteiger partial charge on any atom is -0.497 e. The average molecular weight is 289 g/mol. The summed E-state index contributed by atoms with van der Waals surface area (Å²) < 4.78 is 5.07. The van der Waals surface area contributed by atoms with Crippen molar-refractivity contribution in [3.8, 4) is 5.75 Å². The molecule has 1 aromatic carbocycles. The van der Waals surface area contributed by atoms with E-state index in [0.29, 0.717) is 5.69 Å². The van der Waals surface area contributed by atoms with E-state index in [4.69, 9.17) is 4.74 Å². The predicted octanol–water partition coefficient (Wildman–Crippen LogP) is 2.38. The third kappa shape index (κ3) is 2.48. The van der Waals surface area contributed by atoms with Gasteiger partial charge in [-0.1, -0.05) is 0 Å². The molecular weight excluding hydrogens is 270 g/mol. The summed E-state index contributed by atoms with van der Waals surface area (Å²) in [6.45, 7) is 0. The Bertz CT molecular complexity index is 554. The molecule has 0 radical (unpaired) electrons. The van der Waals surface area contributed by atoms with Crippen molar-refractivity contribution in [2.75, 3.05) is 12.4 Å². The maximum absolute atomic E-state index is 12.5. The fourth-order valence-electron chi connectivity index (χ4n) is 3.92. The highest BCUT2D eigenvalue weighted by Gasteiger charge is 2.53. The number of carboxylic acid groups (broad SMARTS) is 1. The molecule has 5 heteroatoms. The summed E-state index contributed by atoms with van der Waals surface area (Å²) in [6, 6.07) is 7.07. The summed E-state index contributed by atoms with van der Waals surface area (Å²) in [7, 11) is 1.58. The first-order chi connectivity index (χ1) is 10.1. The maximum atomic E-state index is 12.5. The number of rotatable bonds is 4. The average Bonchev–Trinajstić information content (AvgIpc) is 3.08. The Morgan fingerprint density at radius 1 is 1.14 bits per heavy atom. The van der Waals surface area contributed by atoms with Crippen LogP contribution in [0.2, 0.25) is 0 Å². The van der Waals surface area contributed by atoms with Crippen molar-refractivity contribution in [2.45, 2.75) is 19.3 Å². The van der Waals surface area contributed by atoms with E-state index >= 15 is 0 Å². The van der Waals surface area contributed by atoms with Gasteiger partial charge in [0.2, 0.25) is 5.91 Å². The molecule has 0 spiro atoms. The van der Waals surface area contributed by atoms with Crippen LogP contribution in [0.25, 0.3) is 0 Å². The van der Waals surface area contributed by atoms with Gasteiger partial charge in [0, 0.05) is 5.69 Å². The van der Waals surface area contributed by atoms with Gasteiger partial charge in [0.25, 0.3) is 0 Å². The molecule has 2 saturated carbocycles. The monoisotopic (exact) mass is 289 g/mol. The largest absolute Gasteiger partial charge is 0.497 e. The molecule has 2 N–H and O–H groups in total. The Morgan fingerprint density at radius 3 is 2.33 bits per heavy atom. The summed E-state index contributed by atoms with van der Waals surface area (Å²) in [5, 5.41) is 12.2. The minimum atomic E-state index is -0.836. The van der Waals surface area contributed by atoms with Gasteiger partial charge in [-0.15, -0.1) is 0 Å². The van der Waals surface area contributed by atoms with E-state index in [1.807, 2.05) is 0 Å². The Balaban J connectivity index is 1.73. The summed E-state index contributed by atoms with van der Waals surface area (Å²) in [6.07, 6.45) is 2.78. The number of amides is 1. The first kappa shape index (κ1) is 13.9. The van der Waals surface area contributed by atoms with E-state index in [2.05, 4.69) is 5.32 Å². The molecule has 4 atom stereocenters. The lowest BCUT2D eigenvalue weighted by Crippen LogP contribution is -2.37. The van der Waals surface area contributed by atoms with Crippen LogP contribution in [0.3, 0.4) is 0 Å². The second-order valence-electron chi connectivity index (χ2n) is 5.94. The Morgan fingerprint density at radius 2 is 1.76 bits per heavy atom. The van der Waals surface area contributed by atoms with Crippen molar-refractivity contribution >= 4 is 17.6 Å². The molecule has 2 bridgehead atoms. The number of hydrogen-bond donors (Lipinski definition) is 2. The van der Waals surface area contributed by atoms with Gasteiger partial charge in [0.05, 0.1) is 18.9 Å². The zero-order valence-corrected chi connectivity index (χ0v) is 11.9. The summed E-state index contributed by atoms with van der Waals surface area (Å²) in [5.74, 6) is -0.827. The highest BCUT2D eigenvalue weighted by molar-refractivity contribution is 5.96. The van der Waals surface area contributed by atoms with E-state index in [1.54, 1.807) is 31.4 Å². The van der Waals surface area contributed by atoms with Crippen molar-refractivity contribution < 1.29 is 19.4 Å². The van der Waals surface area contributed by atoms with Crippen LogP contribution < -0.4 is 10.1 Å². The number of hydrogen-bond acceptors (Lipinski definition) is 3. The number of carbonyl (C=O) groups excluding carboxylic acids is 1. The van der Waals surface area contributed by atoms with Crippen LogP contribution in [0, 0.1) is 23.7 Å². The molecule has 0 aliphatic heterocycles. The van der Waals surface area contributed by atoms with E-state index in [9.17, 15) is 14.7 Å². The molecule has 1 aromatic rings. The van der Waals surface area contributed by atoms with E-state index in [0.717, 1.165) is 25.0 Å². The van der Waals surface area contributed by atoms with Gasteiger partial charge in [-0.25, -0.2) is 0 Å². The number of benzene rings is 1. The van der Waals surface area contributed by atoms with Crippen LogP contribution in [0.5, 0.6) is 5.75 Å². The third-order valence-corrected chi connectivity index (χ3v) is 4.86. The van der Waals surface area contributed by atoms with Crippen LogP contribution in [-0.4, -0.2) is 24.1 Å². The smallest absolute Gasteiger partial charge is 0.307 e. The number of aliphatic carboxylic acids is 1. The summed E-state index contributed by atoms with van der Waals surface area (Å²) in [5.41, 5.74) is 0.674. The molecule has 0 saturated heterocycles. The first-order valence-corrected chi connectivity index (χ1v) is 7.28. The van der Waals surface area contributed by atoms with Crippen molar-refractivity contribution in [3.63, 3.8) is 0 Å². The molecule has 5 nitrogen and oxygen atoms in total. The summed E-state index contributed by atoms with van der Waals surface area (Å²) >= 11 is 0. The number of ether oxygens (including phenoxy) is 1. The number of carbonyl (C=O) groups is 2. The van der Waals surface area contributed by atoms with E-state index < -0.39 is 17.8 Å². The Kier molecular flexibility index (Phi) is 3.57. The molecule has 1 amide bonds. The highest BCUT2D eigenvalue weighted by atomic mass is 16.5. The Hall–Kier alpha value is -2.04. The number of methoxy groups -OCH3 is 1.